The molecule has 1 aromatic heterocycles. The molecule has 2 aromatic rings. The van der Waals surface area contributed by atoms with Crippen LogP contribution in [0, 0.1) is 0 Å². The summed E-state index contributed by atoms with van der Waals surface area (Å²) < 4.78 is 5.49. The van der Waals surface area contributed by atoms with Gasteiger partial charge in [0.15, 0.2) is 5.76 Å². The van der Waals surface area contributed by atoms with Crippen LogP contribution in [-0.4, -0.2) is 22.5 Å². The average Bonchev–Trinajstić information content (AvgIpc) is 3.17. The lowest BCUT2D eigenvalue weighted by Gasteiger charge is -2.22. The second-order valence-corrected chi connectivity index (χ2v) is 6.79. The maximum absolute atomic E-state index is 12.7. The van der Waals surface area contributed by atoms with Crippen molar-refractivity contribution in [1.29, 1.82) is 0 Å². The summed E-state index contributed by atoms with van der Waals surface area (Å²) in [5, 5.41) is 4.80. The number of amides is 1. The normalized spacial score (nSPS) is 17.9. The molecule has 3 rings (SSSR count). The zero-order chi connectivity index (χ0) is 16.4. The Morgan fingerprint density at radius 2 is 2.13 bits per heavy atom. The second kappa shape index (κ2) is 6.75. The maximum atomic E-state index is 12.7. The van der Waals surface area contributed by atoms with E-state index in [0.29, 0.717) is 17.4 Å². The number of hydrogen-bond donors (Lipinski definition) is 0. The first-order valence-corrected chi connectivity index (χ1v) is 8.43. The van der Waals surface area contributed by atoms with Gasteiger partial charge in [-0.3, -0.25) is 4.79 Å². The van der Waals surface area contributed by atoms with Crippen LogP contribution in [0.1, 0.15) is 55.7 Å². The molecule has 5 heteroatoms. The topological polar surface area (TPSA) is 46.3 Å². The molecule has 4 nitrogen and oxygen atoms in total. The number of hydrogen-bond acceptors (Lipinski definition) is 3. The van der Waals surface area contributed by atoms with Crippen molar-refractivity contribution in [3.63, 3.8) is 0 Å². The number of nitrogens with zero attached hydrogens (tertiary/aromatic N) is 2. The predicted octanol–water partition coefficient (Wildman–Crippen LogP) is 4.36. The van der Waals surface area contributed by atoms with E-state index in [-0.39, 0.29) is 11.9 Å². The molecule has 1 saturated heterocycles. The van der Waals surface area contributed by atoms with Crippen LogP contribution in [0.2, 0.25) is 5.02 Å². The fraction of sp³-hybridized carbons (Fsp3) is 0.444. The lowest BCUT2D eigenvalue weighted by atomic mass is 10.1. The largest absolute Gasteiger partial charge is 0.359 e. The Bertz CT molecular complexity index is 679. The molecule has 122 valence electrons. The van der Waals surface area contributed by atoms with Gasteiger partial charge < -0.3 is 9.42 Å². The Hall–Kier alpha value is -1.81. The summed E-state index contributed by atoms with van der Waals surface area (Å²) in [6.07, 6.45) is 2.31. The standard InChI is InChI=1S/C18H21ClN2O2/c1-12(2)15-11-17(23-20-15)16-4-3-9-21(16)18(22)10-13-5-7-14(19)8-6-13/h5-8,11-12,16H,3-4,9-10H2,1-2H3/t16-/m0/s1. The SMILES string of the molecule is CC(C)c1cc([C@@H]2CCCN2C(=O)Cc2ccc(Cl)cc2)on1. The highest BCUT2D eigenvalue weighted by Crippen LogP contribution is 2.33. The first kappa shape index (κ1) is 16.1. The molecule has 2 heterocycles. The number of aromatic nitrogens is 1. The van der Waals surface area contributed by atoms with Crippen molar-refractivity contribution in [2.75, 3.05) is 6.54 Å². The molecule has 0 spiro atoms. The van der Waals surface area contributed by atoms with Gasteiger partial charge in [-0.15, -0.1) is 0 Å². The van der Waals surface area contributed by atoms with Gasteiger partial charge in [0.2, 0.25) is 5.91 Å². The minimum atomic E-state index is 0.00907. The van der Waals surface area contributed by atoms with Gasteiger partial charge in [0.25, 0.3) is 0 Å². The molecule has 0 N–H and O–H groups in total. The molecule has 0 saturated carbocycles. The van der Waals surface area contributed by atoms with Gasteiger partial charge in [0.05, 0.1) is 18.2 Å². The second-order valence-electron chi connectivity index (χ2n) is 6.36. The van der Waals surface area contributed by atoms with Gasteiger partial charge in [-0.05, 0) is 36.5 Å². The number of likely N-dealkylation sites (tertiary alicyclic amines) is 1. The third kappa shape index (κ3) is 3.58. The Morgan fingerprint density at radius 3 is 2.78 bits per heavy atom. The number of halogens is 1. The summed E-state index contributed by atoms with van der Waals surface area (Å²) in [6, 6.07) is 9.43. The van der Waals surface area contributed by atoms with Crippen molar-refractivity contribution in [2.45, 2.75) is 45.1 Å². The summed E-state index contributed by atoms with van der Waals surface area (Å²) >= 11 is 5.89. The molecule has 1 aliphatic rings. The van der Waals surface area contributed by atoms with Gasteiger partial charge in [-0.25, -0.2) is 0 Å². The molecule has 0 unspecified atom stereocenters. The lowest BCUT2D eigenvalue weighted by Crippen LogP contribution is -2.31. The van der Waals surface area contributed by atoms with E-state index in [9.17, 15) is 4.79 Å². The zero-order valence-corrected chi connectivity index (χ0v) is 14.2. The smallest absolute Gasteiger partial charge is 0.227 e. The lowest BCUT2D eigenvalue weighted by molar-refractivity contribution is -0.131. The van der Waals surface area contributed by atoms with Gasteiger partial charge in [0, 0.05) is 17.6 Å². The van der Waals surface area contributed by atoms with Gasteiger partial charge in [0.1, 0.15) is 0 Å². The highest BCUT2D eigenvalue weighted by atomic mass is 35.5. The van der Waals surface area contributed by atoms with Crippen molar-refractivity contribution in [3.05, 3.63) is 52.4 Å². The van der Waals surface area contributed by atoms with Crippen molar-refractivity contribution in [2.24, 2.45) is 0 Å². The average molecular weight is 333 g/mol. The van der Waals surface area contributed by atoms with Crippen molar-refractivity contribution in [1.82, 2.24) is 10.1 Å². The third-order valence-corrected chi connectivity index (χ3v) is 4.56. The van der Waals surface area contributed by atoms with Crippen molar-refractivity contribution in [3.8, 4) is 0 Å². The number of carbonyl (C=O) groups is 1. The van der Waals surface area contributed by atoms with E-state index < -0.39 is 0 Å². The summed E-state index contributed by atoms with van der Waals surface area (Å²) in [5.41, 5.74) is 1.92. The molecule has 1 atom stereocenters. The van der Waals surface area contributed by atoms with E-state index in [1.165, 1.54) is 0 Å². The highest BCUT2D eigenvalue weighted by Gasteiger charge is 2.32. The molecular formula is C18H21ClN2O2. The van der Waals surface area contributed by atoms with Crippen LogP contribution in [0.15, 0.2) is 34.9 Å². The van der Waals surface area contributed by atoms with Crippen LogP contribution in [0.4, 0.5) is 0 Å². The van der Waals surface area contributed by atoms with E-state index >= 15 is 0 Å². The number of carbonyl (C=O) groups excluding carboxylic acids is 1. The molecule has 1 aromatic carbocycles. The van der Waals surface area contributed by atoms with Crippen LogP contribution in [0.25, 0.3) is 0 Å². The van der Waals surface area contributed by atoms with E-state index in [2.05, 4.69) is 19.0 Å². The Balaban J connectivity index is 1.72. The summed E-state index contributed by atoms with van der Waals surface area (Å²) in [4.78, 5) is 14.6. The molecule has 23 heavy (non-hydrogen) atoms. The van der Waals surface area contributed by atoms with E-state index in [1.54, 1.807) is 0 Å². The van der Waals surface area contributed by atoms with Crippen molar-refractivity contribution >= 4 is 17.5 Å². The summed E-state index contributed by atoms with van der Waals surface area (Å²) in [7, 11) is 0. The van der Waals surface area contributed by atoms with Crippen LogP contribution in [0.3, 0.4) is 0 Å². The van der Waals surface area contributed by atoms with Gasteiger partial charge in [-0.1, -0.05) is 42.7 Å². The number of rotatable bonds is 4. The fourth-order valence-corrected chi connectivity index (χ4v) is 3.10. The predicted molar refractivity (Wildman–Crippen MR) is 89.4 cm³/mol. The molecular weight excluding hydrogens is 312 g/mol. The summed E-state index contributed by atoms with van der Waals surface area (Å²) in [6.45, 7) is 4.94. The fourth-order valence-electron chi connectivity index (χ4n) is 2.97. The van der Waals surface area contributed by atoms with E-state index in [4.69, 9.17) is 16.1 Å². The number of benzene rings is 1. The van der Waals surface area contributed by atoms with Gasteiger partial charge in [-0.2, -0.15) is 0 Å². The van der Waals surface area contributed by atoms with Crippen LogP contribution >= 0.6 is 11.6 Å². The molecule has 1 aliphatic heterocycles. The molecule has 0 aliphatic carbocycles. The van der Waals surface area contributed by atoms with Crippen LogP contribution < -0.4 is 0 Å². The quantitative estimate of drug-likeness (QED) is 0.835. The minimum absolute atomic E-state index is 0.00907. The molecule has 0 bridgehead atoms. The highest BCUT2D eigenvalue weighted by molar-refractivity contribution is 6.30. The Morgan fingerprint density at radius 1 is 1.39 bits per heavy atom. The first-order chi connectivity index (χ1) is 11.0. The minimum Gasteiger partial charge on any atom is -0.359 e. The van der Waals surface area contributed by atoms with E-state index in [0.717, 1.165) is 36.4 Å². The maximum Gasteiger partial charge on any atom is 0.227 e. The third-order valence-electron chi connectivity index (χ3n) is 4.31. The van der Waals surface area contributed by atoms with Crippen molar-refractivity contribution < 1.29 is 9.32 Å². The van der Waals surface area contributed by atoms with E-state index in [1.807, 2.05) is 35.2 Å². The molecule has 1 amide bonds. The first-order valence-electron chi connectivity index (χ1n) is 8.05. The Labute approximate surface area is 141 Å². The molecule has 1 fully saturated rings. The Kier molecular flexibility index (Phi) is 4.71. The van der Waals surface area contributed by atoms with Gasteiger partial charge >= 0.3 is 0 Å². The summed E-state index contributed by atoms with van der Waals surface area (Å²) in [5.74, 6) is 1.25. The van der Waals surface area contributed by atoms with Crippen LogP contribution in [-0.2, 0) is 11.2 Å². The van der Waals surface area contributed by atoms with Crippen LogP contribution in [0.5, 0.6) is 0 Å². The monoisotopic (exact) mass is 332 g/mol. The molecule has 0 radical (unpaired) electrons. The zero-order valence-electron chi connectivity index (χ0n) is 13.5.